The molecule has 3 rings (SSSR count). The molecule has 1 aliphatic heterocycles. The van der Waals surface area contributed by atoms with Crippen LogP contribution in [0, 0.1) is 0 Å². The summed E-state index contributed by atoms with van der Waals surface area (Å²) in [5.41, 5.74) is 7.01. The highest BCUT2D eigenvalue weighted by Crippen LogP contribution is 2.38. The van der Waals surface area contributed by atoms with Crippen molar-refractivity contribution in [3.8, 4) is 0 Å². The maximum absolute atomic E-state index is 5.92. The van der Waals surface area contributed by atoms with Crippen LogP contribution in [0.1, 0.15) is 32.1 Å². The summed E-state index contributed by atoms with van der Waals surface area (Å²) in [4.78, 5) is 12.6. The van der Waals surface area contributed by atoms with Crippen molar-refractivity contribution in [3.63, 3.8) is 0 Å². The minimum Gasteiger partial charge on any atom is -0.368 e. The summed E-state index contributed by atoms with van der Waals surface area (Å²) in [6.45, 7) is 8.66. The molecular weight excluding hydrogens is 282 g/mol. The minimum atomic E-state index is 0.121. The van der Waals surface area contributed by atoms with Gasteiger partial charge < -0.3 is 16.0 Å². The van der Waals surface area contributed by atoms with Gasteiger partial charge in [-0.3, -0.25) is 0 Å². The van der Waals surface area contributed by atoms with Crippen LogP contribution >= 0.6 is 11.3 Å². The van der Waals surface area contributed by atoms with E-state index in [1.165, 1.54) is 4.88 Å². The van der Waals surface area contributed by atoms with Gasteiger partial charge in [0, 0.05) is 24.0 Å². The lowest BCUT2D eigenvalue weighted by Crippen LogP contribution is -2.30. The van der Waals surface area contributed by atoms with Crippen molar-refractivity contribution in [3.05, 3.63) is 10.9 Å². The lowest BCUT2D eigenvalue weighted by atomic mass is 9.95. The first kappa shape index (κ1) is 14.5. The van der Waals surface area contributed by atoms with Crippen molar-refractivity contribution in [1.29, 1.82) is 0 Å². The molecule has 2 aromatic heterocycles. The number of rotatable bonds is 2. The molecule has 6 heteroatoms. The molecule has 0 bridgehead atoms. The van der Waals surface area contributed by atoms with Crippen LogP contribution in [0.4, 0.5) is 11.8 Å². The molecule has 1 fully saturated rings. The number of hydrogen-bond donors (Lipinski definition) is 2. The van der Waals surface area contributed by atoms with E-state index in [0.29, 0.717) is 12.0 Å². The number of nitrogens with two attached hydrogens (primary N) is 1. The standard InChI is InChI=1S/C15H23N5S/c1-15(2,3)11-7-10-12(21-11)13(19-14(16)18-10)20-6-5-9(8-20)17-4/h7,9,17H,5-6,8H2,1-4H3,(H2,16,18,19)/t9-/m1/s1. The summed E-state index contributed by atoms with van der Waals surface area (Å²) in [5, 5.41) is 3.34. The van der Waals surface area contributed by atoms with E-state index in [9.17, 15) is 0 Å². The van der Waals surface area contributed by atoms with E-state index in [0.717, 1.165) is 35.5 Å². The van der Waals surface area contributed by atoms with Crippen LogP contribution < -0.4 is 16.0 Å². The van der Waals surface area contributed by atoms with Crippen LogP contribution in [0.2, 0.25) is 0 Å². The number of aromatic nitrogens is 2. The molecule has 114 valence electrons. The molecule has 1 saturated heterocycles. The van der Waals surface area contributed by atoms with Gasteiger partial charge in [0.15, 0.2) is 5.82 Å². The monoisotopic (exact) mass is 305 g/mol. The van der Waals surface area contributed by atoms with Gasteiger partial charge in [0.1, 0.15) is 0 Å². The van der Waals surface area contributed by atoms with E-state index in [-0.39, 0.29) is 5.41 Å². The molecule has 3 heterocycles. The third-order valence-corrected chi connectivity index (χ3v) is 5.55. The zero-order chi connectivity index (χ0) is 15.2. The maximum atomic E-state index is 5.92. The number of nitrogens with zero attached hydrogens (tertiary/aromatic N) is 3. The normalized spacial score (nSPS) is 19.6. The number of likely N-dealkylation sites (N-methyl/N-ethyl adjacent to an activating group) is 1. The zero-order valence-electron chi connectivity index (χ0n) is 13.1. The van der Waals surface area contributed by atoms with Gasteiger partial charge in [0.05, 0.1) is 10.2 Å². The molecule has 5 nitrogen and oxygen atoms in total. The molecule has 3 N–H and O–H groups in total. The Bertz CT molecular complexity index is 658. The second kappa shape index (κ2) is 5.10. The van der Waals surface area contributed by atoms with Crippen LogP contribution in [0.3, 0.4) is 0 Å². The third-order valence-electron chi connectivity index (χ3n) is 4.01. The van der Waals surface area contributed by atoms with Crippen molar-refractivity contribution in [2.24, 2.45) is 0 Å². The molecule has 0 unspecified atom stereocenters. The fourth-order valence-electron chi connectivity index (χ4n) is 2.70. The van der Waals surface area contributed by atoms with Crippen molar-refractivity contribution >= 4 is 33.3 Å². The number of nitrogen functional groups attached to an aromatic ring is 1. The van der Waals surface area contributed by atoms with Gasteiger partial charge in [-0.2, -0.15) is 4.98 Å². The molecule has 0 spiro atoms. The minimum absolute atomic E-state index is 0.121. The van der Waals surface area contributed by atoms with Crippen LogP contribution in [0.15, 0.2) is 6.07 Å². The van der Waals surface area contributed by atoms with E-state index >= 15 is 0 Å². The van der Waals surface area contributed by atoms with Crippen LogP contribution in [-0.4, -0.2) is 36.1 Å². The largest absolute Gasteiger partial charge is 0.368 e. The van der Waals surface area contributed by atoms with E-state index in [4.69, 9.17) is 5.73 Å². The number of thiophene rings is 1. The third kappa shape index (κ3) is 2.70. The molecular formula is C15H23N5S. The maximum Gasteiger partial charge on any atom is 0.222 e. The average molecular weight is 305 g/mol. The van der Waals surface area contributed by atoms with E-state index in [2.05, 4.69) is 47.0 Å². The number of hydrogen-bond acceptors (Lipinski definition) is 6. The number of fused-ring (bicyclic) bond motifs is 1. The van der Waals surface area contributed by atoms with E-state index < -0.39 is 0 Å². The molecule has 0 amide bonds. The Morgan fingerprint density at radius 3 is 2.76 bits per heavy atom. The van der Waals surface area contributed by atoms with Gasteiger partial charge in [0.25, 0.3) is 0 Å². The summed E-state index contributed by atoms with van der Waals surface area (Å²) in [6.07, 6.45) is 1.14. The molecule has 0 aromatic carbocycles. The number of anilines is 2. The lowest BCUT2D eigenvalue weighted by molar-refractivity contribution is 0.604. The first-order chi connectivity index (χ1) is 9.88. The molecule has 0 saturated carbocycles. The van der Waals surface area contributed by atoms with Crippen molar-refractivity contribution in [2.45, 2.75) is 38.6 Å². The molecule has 2 aromatic rings. The van der Waals surface area contributed by atoms with Crippen LogP contribution in [-0.2, 0) is 5.41 Å². The lowest BCUT2D eigenvalue weighted by Gasteiger charge is -2.18. The predicted molar refractivity (Wildman–Crippen MR) is 90.2 cm³/mol. The van der Waals surface area contributed by atoms with Crippen LogP contribution in [0.25, 0.3) is 10.2 Å². The quantitative estimate of drug-likeness (QED) is 0.891. The van der Waals surface area contributed by atoms with Gasteiger partial charge in [-0.05, 0) is 24.9 Å². The summed E-state index contributed by atoms with van der Waals surface area (Å²) in [6, 6.07) is 2.69. The topological polar surface area (TPSA) is 67.1 Å². The molecule has 0 radical (unpaired) electrons. The van der Waals surface area contributed by atoms with Gasteiger partial charge in [-0.15, -0.1) is 11.3 Å². The Kier molecular flexibility index (Phi) is 3.53. The first-order valence-corrected chi connectivity index (χ1v) is 8.20. The van der Waals surface area contributed by atoms with Gasteiger partial charge in [-0.1, -0.05) is 20.8 Å². The highest BCUT2D eigenvalue weighted by Gasteiger charge is 2.26. The first-order valence-electron chi connectivity index (χ1n) is 7.38. The van der Waals surface area contributed by atoms with Crippen molar-refractivity contribution < 1.29 is 0 Å². The summed E-state index contributed by atoms with van der Waals surface area (Å²) < 4.78 is 1.16. The fraction of sp³-hybridized carbons (Fsp3) is 0.600. The molecule has 1 atom stereocenters. The molecule has 0 aliphatic carbocycles. The second-order valence-corrected chi connectivity index (χ2v) is 7.75. The summed E-state index contributed by atoms with van der Waals surface area (Å²) in [7, 11) is 2.01. The van der Waals surface area contributed by atoms with Crippen LogP contribution in [0.5, 0.6) is 0 Å². The Labute approximate surface area is 129 Å². The average Bonchev–Trinajstić information content (AvgIpc) is 3.02. The second-order valence-electron chi connectivity index (χ2n) is 6.70. The predicted octanol–water partition coefficient (Wildman–Crippen LogP) is 2.37. The fourth-order valence-corrected chi connectivity index (χ4v) is 3.88. The van der Waals surface area contributed by atoms with E-state index in [1.54, 1.807) is 11.3 Å². The van der Waals surface area contributed by atoms with Gasteiger partial charge in [0.2, 0.25) is 5.95 Å². The number of nitrogens with one attached hydrogen (secondary N) is 1. The Morgan fingerprint density at radius 1 is 1.38 bits per heavy atom. The SMILES string of the molecule is CN[C@@H]1CCN(c2nc(N)nc3cc(C(C)(C)C)sc23)C1. The smallest absolute Gasteiger partial charge is 0.222 e. The Hall–Kier alpha value is -1.40. The van der Waals surface area contributed by atoms with E-state index in [1.807, 2.05) is 7.05 Å². The van der Waals surface area contributed by atoms with Gasteiger partial charge >= 0.3 is 0 Å². The zero-order valence-corrected chi connectivity index (χ0v) is 13.9. The van der Waals surface area contributed by atoms with Crippen molar-refractivity contribution in [2.75, 3.05) is 30.8 Å². The highest BCUT2D eigenvalue weighted by atomic mass is 32.1. The van der Waals surface area contributed by atoms with Crippen molar-refractivity contribution in [1.82, 2.24) is 15.3 Å². The summed E-state index contributed by atoms with van der Waals surface area (Å²) in [5.74, 6) is 1.36. The summed E-state index contributed by atoms with van der Waals surface area (Å²) >= 11 is 1.79. The molecule has 1 aliphatic rings. The molecule has 21 heavy (non-hydrogen) atoms. The Morgan fingerprint density at radius 2 is 2.14 bits per heavy atom. The Balaban J connectivity index is 2.07. The van der Waals surface area contributed by atoms with Gasteiger partial charge in [-0.25, -0.2) is 4.98 Å². The highest BCUT2D eigenvalue weighted by molar-refractivity contribution is 7.19.